The van der Waals surface area contributed by atoms with Gasteiger partial charge in [-0.2, -0.15) is 0 Å². The topological polar surface area (TPSA) is 66.5 Å². The van der Waals surface area contributed by atoms with Gasteiger partial charge in [0, 0.05) is 38.9 Å². The lowest BCUT2D eigenvalue weighted by Gasteiger charge is -2.22. The van der Waals surface area contributed by atoms with Gasteiger partial charge in [-0.15, -0.1) is 0 Å². The number of hydrogen-bond acceptors (Lipinski definition) is 3. The normalized spacial score (nSPS) is 11.2. The second kappa shape index (κ2) is 27.2. The summed E-state index contributed by atoms with van der Waals surface area (Å²) in [5.41, 5.74) is 0. The Morgan fingerprint density at radius 3 is 1.68 bits per heavy atom. The number of ketones is 1. The maximum absolute atomic E-state index is 12.4. The molecular formula is C33H64N2O3. The fraction of sp³-hybridized carbons (Fsp3) is 0.909. The summed E-state index contributed by atoms with van der Waals surface area (Å²) in [6.07, 6.45) is 24.1. The Hall–Kier alpha value is -1.39. The fourth-order valence-electron chi connectivity index (χ4n) is 5.21. The highest BCUT2D eigenvalue weighted by Gasteiger charge is 2.12. The lowest BCUT2D eigenvalue weighted by Crippen LogP contribution is -2.32. The van der Waals surface area contributed by atoms with Gasteiger partial charge in [-0.1, -0.05) is 97.8 Å². The molecule has 0 aliphatic rings. The molecule has 0 spiro atoms. The molecule has 5 heteroatoms. The highest BCUT2D eigenvalue weighted by Crippen LogP contribution is 2.22. The number of amides is 2. The molecule has 0 fully saturated rings. The molecule has 0 aromatic rings. The Morgan fingerprint density at radius 1 is 0.579 bits per heavy atom. The van der Waals surface area contributed by atoms with Crippen LogP contribution in [-0.4, -0.2) is 42.1 Å². The number of nitrogens with zero attached hydrogens (tertiary/aromatic N) is 1. The van der Waals surface area contributed by atoms with Crippen molar-refractivity contribution >= 4 is 17.6 Å². The lowest BCUT2D eigenvalue weighted by molar-refractivity contribution is -0.131. The summed E-state index contributed by atoms with van der Waals surface area (Å²) in [6, 6.07) is 0. The summed E-state index contributed by atoms with van der Waals surface area (Å²) in [7, 11) is 0. The molecule has 224 valence electrons. The average Bonchev–Trinajstić information content (AvgIpc) is 2.88. The third kappa shape index (κ3) is 23.7. The van der Waals surface area contributed by atoms with Crippen molar-refractivity contribution in [2.45, 2.75) is 169 Å². The summed E-state index contributed by atoms with van der Waals surface area (Å²) < 4.78 is 0. The van der Waals surface area contributed by atoms with Crippen LogP contribution in [0.3, 0.4) is 0 Å². The van der Waals surface area contributed by atoms with Crippen molar-refractivity contribution in [3.63, 3.8) is 0 Å². The Morgan fingerprint density at radius 2 is 1.11 bits per heavy atom. The molecule has 0 rings (SSSR count). The second-order valence-corrected chi connectivity index (χ2v) is 11.5. The number of carbonyl (C=O) groups excluding carboxylic acids is 3. The number of Topliss-reactive ketones (excluding diaryl/α,β-unsaturated/α-hetero) is 1. The van der Waals surface area contributed by atoms with E-state index in [0.717, 1.165) is 89.8 Å². The molecule has 0 heterocycles. The molecule has 38 heavy (non-hydrogen) atoms. The van der Waals surface area contributed by atoms with E-state index < -0.39 is 0 Å². The van der Waals surface area contributed by atoms with Crippen molar-refractivity contribution in [1.29, 1.82) is 0 Å². The van der Waals surface area contributed by atoms with E-state index in [1.807, 2.05) is 4.90 Å². The molecular weight excluding hydrogens is 472 g/mol. The van der Waals surface area contributed by atoms with Crippen LogP contribution in [0.15, 0.2) is 0 Å². The van der Waals surface area contributed by atoms with Crippen LogP contribution in [-0.2, 0) is 14.4 Å². The van der Waals surface area contributed by atoms with E-state index in [-0.39, 0.29) is 17.6 Å². The van der Waals surface area contributed by atoms with Gasteiger partial charge >= 0.3 is 0 Å². The van der Waals surface area contributed by atoms with Crippen molar-refractivity contribution in [2.24, 2.45) is 5.92 Å². The molecule has 0 bridgehead atoms. The van der Waals surface area contributed by atoms with Crippen molar-refractivity contribution < 1.29 is 14.4 Å². The summed E-state index contributed by atoms with van der Waals surface area (Å²) in [5, 5.41) is 3.15. The van der Waals surface area contributed by atoms with Crippen molar-refractivity contribution in [2.75, 3.05) is 19.6 Å². The van der Waals surface area contributed by atoms with Crippen LogP contribution in [0.25, 0.3) is 0 Å². The van der Waals surface area contributed by atoms with Crippen LogP contribution in [0.2, 0.25) is 0 Å². The van der Waals surface area contributed by atoms with Gasteiger partial charge in [-0.3, -0.25) is 9.59 Å². The maximum atomic E-state index is 12.4. The largest absolute Gasteiger partial charge is 0.356 e. The smallest absolute Gasteiger partial charge is 0.222 e. The third-order valence-electron chi connectivity index (χ3n) is 7.65. The zero-order valence-electron chi connectivity index (χ0n) is 25.9. The lowest BCUT2D eigenvalue weighted by atomic mass is 9.91. The van der Waals surface area contributed by atoms with Crippen molar-refractivity contribution in [3.05, 3.63) is 0 Å². The highest BCUT2D eigenvalue weighted by molar-refractivity contribution is 5.76. The van der Waals surface area contributed by atoms with Gasteiger partial charge in [0.15, 0.2) is 0 Å². The van der Waals surface area contributed by atoms with Crippen LogP contribution in [0, 0.1) is 5.92 Å². The number of rotatable bonds is 28. The quantitative estimate of drug-likeness (QED) is 0.102. The summed E-state index contributed by atoms with van der Waals surface area (Å²) in [6.45, 7) is 10.7. The molecule has 0 saturated heterocycles. The molecule has 0 saturated carbocycles. The van der Waals surface area contributed by atoms with Crippen LogP contribution < -0.4 is 5.32 Å². The van der Waals surface area contributed by atoms with Gasteiger partial charge in [0.25, 0.3) is 0 Å². The first-order chi connectivity index (χ1) is 18.4. The summed E-state index contributed by atoms with van der Waals surface area (Å²) in [5.74, 6) is 1.56. The minimum Gasteiger partial charge on any atom is -0.356 e. The van der Waals surface area contributed by atoms with Crippen LogP contribution in [0.5, 0.6) is 0 Å². The van der Waals surface area contributed by atoms with Gasteiger partial charge in [0.1, 0.15) is 5.78 Å². The SMILES string of the molecule is CCCCCC(CCCCC)CCCNC(=O)CCCCCCCN(CCCCCC(C)=O)C(=O)CCC. The minimum absolute atomic E-state index is 0.208. The van der Waals surface area contributed by atoms with Crippen LogP contribution >= 0.6 is 0 Å². The first-order valence-corrected chi connectivity index (χ1v) is 16.5. The van der Waals surface area contributed by atoms with Crippen molar-refractivity contribution in [3.8, 4) is 0 Å². The molecule has 0 aromatic carbocycles. The van der Waals surface area contributed by atoms with E-state index in [0.29, 0.717) is 19.3 Å². The van der Waals surface area contributed by atoms with Gasteiger partial charge in [0.05, 0.1) is 0 Å². The molecule has 1 N–H and O–H groups in total. The highest BCUT2D eigenvalue weighted by atomic mass is 16.2. The number of hydrogen-bond donors (Lipinski definition) is 1. The predicted octanol–water partition coefficient (Wildman–Crippen LogP) is 8.78. The van der Waals surface area contributed by atoms with Gasteiger partial charge in [-0.25, -0.2) is 0 Å². The Balaban J connectivity index is 3.94. The monoisotopic (exact) mass is 536 g/mol. The molecule has 0 aliphatic heterocycles. The molecule has 2 amide bonds. The third-order valence-corrected chi connectivity index (χ3v) is 7.65. The zero-order chi connectivity index (χ0) is 28.3. The predicted molar refractivity (Wildman–Crippen MR) is 162 cm³/mol. The van der Waals surface area contributed by atoms with E-state index in [2.05, 4.69) is 26.1 Å². The molecule has 0 unspecified atom stereocenters. The van der Waals surface area contributed by atoms with E-state index in [4.69, 9.17) is 0 Å². The van der Waals surface area contributed by atoms with Gasteiger partial charge in [-0.05, 0) is 57.8 Å². The minimum atomic E-state index is 0.208. The first-order valence-electron chi connectivity index (χ1n) is 16.5. The molecule has 0 aliphatic carbocycles. The Labute approximate surface area is 236 Å². The standard InChI is InChI=1S/C33H64N2O3/c1-5-8-14-23-31(24-15-9-6-2)25-20-27-34-32(37)26-17-11-10-12-18-28-35(33(38)21-7-3)29-19-13-16-22-30(4)36/h31H,5-29H2,1-4H3,(H,34,37). The van der Waals surface area contributed by atoms with E-state index >= 15 is 0 Å². The van der Waals surface area contributed by atoms with Gasteiger partial charge < -0.3 is 15.0 Å². The Bertz CT molecular complexity index is 569. The maximum Gasteiger partial charge on any atom is 0.222 e. The Kier molecular flexibility index (Phi) is 26.2. The molecule has 5 nitrogen and oxygen atoms in total. The second-order valence-electron chi connectivity index (χ2n) is 11.5. The van der Waals surface area contributed by atoms with E-state index in [1.54, 1.807) is 6.92 Å². The van der Waals surface area contributed by atoms with E-state index in [9.17, 15) is 14.4 Å². The number of carbonyl (C=O) groups is 3. The first kappa shape index (κ1) is 36.6. The average molecular weight is 537 g/mol. The van der Waals surface area contributed by atoms with Crippen LogP contribution in [0.4, 0.5) is 0 Å². The van der Waals surface area contributed by atoms with Gasteiger partial charge in [0.2, 0.25) is 11.8 Å². The van der Waals surface area contributed by atoms with E-state index in [1.165, 1.54) is 57.8 Å². The number of unbranched alkanes of at least 4 members (excludes halogenated alkanes) is 10. The summed E-state index contributed by atoms with van der Waals surface area (Å²) in [4.78, 5) is 37.8. The van der Waals surface area contributed by atoms with Crippen LogP contribution in [0.1, 0.15) is 169 Å². The summed E-state index contributed by atoms with van der Waals surface area (Å²) >= 11 is 0. The fourth-order valence-corrected chi connectivity index (χ4v) is 5.21. The van der Waals surface area contributed by atoms with Crippen molar-refractivity contribution in [1.82, 2.24) is 10.2 Å². The number of nitrogens with one attached hydrogen (secondary N) is 1. The molecule has 0 aromatic heterocycles. The molecule has 0 radical (unpaired) electrons. The molecule has 0 atom stereocenters. The zero-order valence-corrected chi connectivity index (χ0v) is 25.9.